The first kappa shape index (κ1) is 32.4. The molecule has 1 aromatic rings. The van der Waals surface area contributed by atoms with Gasteiger partial charge in [0, 0.05) is 11.3 Å². The van der Waals surface area contributed by atoms with Crippen LogP contribution >= 0.6 is 0 Å². The van der Waals surface area contributed by atoms with E-state index >= 15 is 0 Å². The maximum atomic E-state index is 14.7. The zero-order valence-electron chi connectivity index (χ0n) is 26.9. The fraction of sp³-hybridized carbons (Fsp3) is 0.829. The summed E-state index contributed by atoms with van der Waals surface area (Å²) in [5, 5.41) is -0.739. The Morgan fingerprint density at radius 3 is 1.98 bits per heavy atom. The van der Waals surface area contributed by atoms with E-state index in [2.05, 4.69) is 34.6 Å². The van der Waals surface area contributed by atoms with Gasteiger partial charge in [-0.3, -0.25) is 0 Å². The number of hydrogen-bond donors (Lipinski definition) is 0. The minimum Gasteiger partial charge on any atom is -0.410 e. The number of hydrogen-bond acceptors (Lipinski definition) is 1. The maximum absolute atomic E-state index is 14.7. The van der Waals surface area contributed by atoms with E-state index < -0.39 is 42.6 Å². The molecule has 0 bridgehead atoms. The predicted octanol–water partition coefficient (Wildman–Crippen LogP) is 10.3. The minimum absolute atomic E-state index is 0.215. The van der Waals surface area contributed by atoms with Crippen molar-refractivity contribution in [2.45, 2.75) is 131 Å². The van der Waals surface area contributed by atoms with Crippen LogP contribution in [-0.4, -0.2) is 14.4 Å². The summed E-state index contributed by atoms with van der Waals surface area (Å²) in [6.45, 7) is 15.4. The monoisotopic (exact) mass is 612 g/mol. The van der Waals surface area contributed by atoms with Gasteiger partial charge >= 0.3 is 0 Å². The third kappa shape index (κ3) is 5.43. The van der Waals surface area contributed by atoms with Crippen LogP contribution in [0.2, 0.25) is 13.1 Å². The molecule has 0 heterocycles. The van der Waals surface area contributed by atoms with E-state index in [1.165, 1.54) is 51.4 Å². The van der Waals surface area contributed by atoms with Crippen LogP contribution in [0.1, 0.15) is 112 Å². The SMILES string of the molecule is CC(C)CCC[C@@H](C)[C@H]1CC[C@H]2[C@@H]3CC[C@H]4C[C@@H](O[Si](C)(C)c5c(F)c(F)c(F)c(F)c5F)CC[C@]4(C)[C@H]3CC[C@]12C. The minimum atomic E-state index is -3.42. The van der Waals surface area contributed by atoms with E-state index in [4.69, 9.17) is 4.43 Å². The molecule has 0 amide bonds. The maximum Gasteiger partial charge on any atom is 0.225 e. The van der Waals surface area contributed by atoms with Gasteiger partial charge in [-0.05, 0) is 123 Å². The quantitative estimate of drug-likeness (QED) is 0.123. The van der Waals surface area contributed by atoms with Crippen molar-refractivity contribution in [3.05, 3.63) is 29.1 Å². The second kappa shape index (κ2) is 11.8. The molecule has 0 aromatic heterocycles. The zero-order chi connectivity index (χ0) is 30.8. The lowest BCUT2D eigenvalue weighted by Crippen LogP contribution is -2.56. The third-order valence-corrected chi connectivity index (χ3v) is 15.7. The Morgan fingerprint density at radius 1 is 0.738 bits per heavy atom. The van der Waals surface area contributed by atoms with Crippen LogP contribution in [0.3, 0.4) is 0 Å². The van der Waals surface area contributed by atoms with Crippen LogP contribution in [-0.2, 0) is 4.43 Å². The molecule has 0 saturated heterocycles. The smallest absolute Gasteiger partial charge is 0.225 e. The van der Waals surface area contributed by atoms with Crippen molar-refractivity contribution in [1.29, 1.82) is 0 Å². The van der Waals surface area contributed by atoms with Gasteiger partial charge in [0.2, 0.25) is 14.1 Å². The van der Waals surface area contributed by atoms with Crippen LogP contribution in [0.5, 0.6) is 0 Å². The Balaban J connectivity index is 1.27. The van der Waals surface area contributed by atoms with Gasteiger partial charge in [-0.1, -0.05) is 53.9 Å². The number of benzene rings is 1. The fourth-order valence-corrected chi connectivity index (χ4v) is 13.4. The summed E-state index contributed by atoms with van der Waals surface area (Å²) in [7, 11) is -3.42. The summed E-state index contributed by atoms with van der Waals surface area (Å²) in [6, 6.07) is 0. The summed E-state index contributed by atoms with van der Waals surface area (Å²) >= 11 is 0. The molecule has 1 nitrogen and oxygen atoms in total. The molecule has 4 fully saturated rings. The van der Waals surface area contributed by atoms with Crippen molar-refractivity contribution >= 4 is 13.5 Å². The van der Waals surface area contributed by atoms with Crippen molar-refractivity contribution in [1.82, 2.24) is 0 Å². The summed E-state index contributed by atoms with van der Waals surface area (Å²) in [5.41, 5.74) is 0.673. The van der Waals surface area contributed by atoms with Crippen LogP contribution < -0.4 is 5.19 Å². The lowest BCUT2D eigenvalue weighted by molar-refractivity contribution is -0.127. The fourth-order valence-electron chi connectivity index (χ4n) is 11.0. The first-order valence-corrected chi connectivity index (χ1v) is 19.7. The molecular formula is C35H53F5OSi. The Hall–Kier alpha value is -0.953. The highest BCUT2D eigenvalue weighted by atomic mass is 28.4. The van der Waals surface area contributed by atoms with Gasteiger partial charge in [-0.15, -0.1) is 0 Å². The molecule has 4 aliphatic rings. The van der Waals surface area contributed by atoms with Crippen LogP contribution in [0, 0.1) is 81.3 Å². The van der Waals surface area contributed by atoms with Gasteiger partial charge in [0.15, 0.2) is 23.3 Å². The Bertz CT molecular complexity index is 1130. The molecule has 9 atom stereocenters. The van der Waals surface area contributed by atoms with E-state index in [0.29, 0.717) is 17.3 Å². The molecule has 0 unspecified atom stereocenters. The molecule has 42 heavy (non-hydrogen) atoms. The average molecular weight is 613 g/mol. The van der Waals surface area contributed by atoms with Gasteiger partial charge in [-0.25, -0.2) is 22.0 Å². The van der Waals surface area contributed by atoms with Crippen LogP contribution in [0.25, 0.3) is 0 Å². The molecule has 0 aliphatic heterocycles. The summed E-state index contributed by atoms with van der Waals surface area (Å²) in [5.74, 6) is -4.20. The van der Waals surface area contributed by atoms with Gasteiger partial charge in [0.1, 0.15) is 0 Å². The Kier molecular flexibility index (Phi) is 9.09. The predicted molar refractivity (Wildman–Crippen MR) is 161 cm³/mol. The van der Waals surface area contributed by atoms with E-state index in [-0.39, 0.29) is 11.5 Å². The van der Waals surface area contributed by atoms with Crippen LogP contribution in [0.15, 0.2) is 0 Å². The van der Waals surface area contributed by atoms with Crippen molar-refractivity contribution < 1.29 is 26.4 Å². The molecule has 5 rings (SSSR count). The molecule has 0 spiro atoms. The first-order valence-electron chi connectivity index (χ1n) is 16.8. The lowest BCUT2D eigenvalue weighted by Gasteiger charge is -2.61. The zero-order valence-corrected chi connectivity index (χ0v) is 27.9. The number of halogens is 5. The summed E-state index contributed by atoms with van der Waals surface area (Å²) < 4.78 is 77.5. The standard InChI is InChI=1S/C35H53F5OSi/c1-20(2)9-8-10-21(3)25-13-14-26-24-12-11-22-19-23(15-17-34(22,4)27(24)16-18-35(25,26)5)41-42(6,7)33-31(39)29(37)28(36)30(38)32(33)40/h20-27H,8-19H2,1-7H3/t21-,22+,23+,24+,25-,26+,27+,34+,35-/m1/s1. The van der Waals surface area contributed by atoms with Crippen molar-refractivity contribution in [3.8, 4) is 0 Å². The van der Waals surface area contributed by atoms with E-state index in [1.54, 1.807) is 13.1 Å². The highest BCUT2D eigenvalue weighted by Gasteiger charge is 2.60. The largest absolute Gasteiger partial charge is 0.410 e. The Morgan fingerprint density at radius 2 is 1.33 bits per heavy atom. The molecule has 4 saturated carbocycles. The molecule has 238 valence electrons. The average Bonchev–Trinajstić information content (AvgIpc) is 3.28. The second-order valence-corrected chi connectivity index (χ2v) is 19.9. The van der Waals surface area contributed by atoms with Crippen molar-refractivity contribution in [2.75, 3.05) is 0 Å². The van der Waals surface area contributed by atoms with E-state index in [9.17, 15) is 22.0 Å². The van der Waals surface area contributed by atoms with Gasteiger partial charge in [0.25, 0.3) is 0 Å². The lowest BCUT2D eigenvalue weighted by atomic mass is 9.44. The molecular weight excluding hydrogens is 559 g/mol. The second-order valence-electron chi connectivity index (χ2n) is 16.2. The number of rotatable bonds is 8. The first-order chi connectivity index (χ1) is 19.6. The molecule has 4 aliphatic carbocycles. The van der Waals surface area contributed by atoms with Crippen molar-refractivity contribution in [2.24, 2.45) is 52.3 Å². The third-order valence-electron chi connectivity index (χ3n) is 13.1. The summed E-state index contributed by atoms with van der Waals surface area (Å²) in [6.07, 6.45) is 14.1. The van der Waals surface area contributed by atoms with Crippen molar-refractivity contribution in [3.63, 3.8) is 0 Å². The summed E-state index contributed by atoms with van der Waals surface area (Å²) in [4.78, 5) is 0. The van der Waals surface area contributed by atoms with Gasteiger partial charge < -0.3 is 4.43 Å². The number of fused-ring (bicyclic) bond motifs is 5. The molecule has 0 radical (unpaired) electrons. The highest BCUT2D eigenvalue weighted by Crippen LogP contribution is 2.68. The Labute approximate surface area is 251 Å². The highest BCUT2D eigenvalue weighted by molar-refractivity contribution is 6.84. The normalized spacial score (nSPS) is 37.4. The van der Waals surface area contributed by atoms with Gasteiger partial charge in [-0.2, -0.15) is 0 Å². The van der Waals surface area contributed by atoms with Crippen LogP contribution in [0.4, 0.5) is 22.0 Å². The molecule has 1 aromatic carbocycles. The van der Waals surface area contributed by atoms with E-state index in [1.807, 2.05) is 0 Å². The molecule has 0 N–H and O–H groups in total. The molecule has 7 heteroatoms. The topological polar surface area (TPSA) is 9.23 Å². The van der Waals surface area contributed by atoms with E-state index in [0.717, 1.165) is 55.3 Å². The van der Waals surface area contributed by atoms with Gasteiger partial charge in [0.05, 0.1) is 0 Å².